The Morgan fingerprint density at radius 2 is 2.33 bits per heavy atom. The van der Waals surface area contributed by atoms with Crippen LogP contribution in [0.1, 0.15) is 22.8 Å². The number of carbonyl (C=O) groups excluding carboxylic acids is 2. The Morgan fingerprint density at radius 1 is 1.56 bits per heavy atom. The van der Waals surface area contributed by atoms with E-state index in [0.29, 0.717) is 11.3 Å². The fourth-order valence-corrected chi connectivity index (χ4v) is 1.71. The van der Waals surface area contributed by atoms with Crippen LogP contribution in [0.15, 0.2) is 23.2 Å². The zero-order valence-electron chi connectivity index (χ0n) is 9.71. The van der Waals surface area contributed by atoms with Crippen molar-refractivity contribution >= 4 is 23.7 Å². The zero-order chi connectivity index (χ0) is 13.1. The van der Waals surface area contributed by atoms with Crippen LogP contribution in [0.25, 0.3) is 0 Å². The topological polar surface area (TPSA) is 79.5 Å². The molecule has 90 valence electrons. The Hall–Kier alpha value is -2.48. The molecule has 0 amide bonds. The number of aliphatic imine (C=N–C) groups is 1. The summed E-state index contributed by atoms with van der Waals surface area (Å²) in [5.74, 6) is -2.00. The molecule has 1 heterocycles. The van der Waals surface area contributed by atoms with Gasteiger partial charge in [0.2, 0.25) is 0 Å². The number of nitriles is 1. The number of hydrogen-bond acceptors (Lipinski definition) is 5. The molecule has 0 spiro atoms. The third-order valence-electron chi connectivity index (χ3n) is 2.58. The summed E-state index contributed by atoms with van der Waals surface area (Å²) in [5.41, 5.74) is 1.12. The van der Waals surface area contributed by atoms with Gasteiger partial charge in [0.1, 0.15) is 0 Å². The second-order valence-corrected chi connectivity index (χ2v) is 3.72. The molecule has 5 nitrogen and oxygen atoms in total. The molecule has 0 N–H and O–H groups in total. The Balaban J connectivity index is 2.38. The highest BCUT2D eigenvalue weighted by atomic mass is 16.5. The molecular weight excluding hydrogens is 232 g/mol. The zero-order valence-corrected chi connectivity index (χ0v) is 9.71. The minimum Gasteiger partial charge on any atom is -0.465 e. The van der Waals surface area contributed by atoms with Crippen LogP contribution < -0.4 is 0 Å². The van der Waals surface area contributed by atoms with Gasteiger partial charge in [0.15, 0.2) is 11.7 Å². The third kappa shape index (κ3) is 2.00. The number of carbonyl (C=O) groups is 2. The molecule has 0 aliphatic carbocycles. The standard InChI is InChI=1S/C13H10N2O3/c1-2-18-13(17)10-7-15-11-4-3-8(6-14)5-9(11)12(10)16/h3-5,7,10H,2H2,1H3. The van der Waals surface area contributed by atoms with Gasteiger partial charge in [-0.3, -0.25) is 14.6 Å². The quantitative estimate of drug-likeness (QED) is 0.583. The van der Waals surface area contributed by atoms with Crippen LogP contribution in [-0.4, -0.2) is 24.6 Å². The molecule has 5 heteroatoms. The van der Waals surface area contributed by atoms with Crippen LogP contribution in [0.5, 0.6) is 0 Å². The molecule has 0 fully saturated rings. The van der Waals surface area contributed by atoms with E-state index in [9.17, 15) is 9.59 Å². The van der Waals surface area contributed by atoms with Crippen molar-refractivity contribution in [3.05, 3.63) is 29.3 Å². The number of rotatable bonds is 2. The highest BCUT2D eigenvalue weighted by molar-refractivity contribution is 6.22. The van der Waals surface area contributed by atoms with Gasteiger partial charge < -0.3 is 4.74 Å². The molecule has 0 saturated heterocycles. The monoisotopic (exact) mass is 242 g/mol. The van der Waals surface area contributed by atoms with E-state index in [0.717, 1.165) is 0 Å². The molecule has 1 atom stereocenters. The lowest BCUT2D eigenvalue weighted by atomic mass is 9.93. The third-order valence-corrected chi connectivity index (χ3v) is 2.58. The Kier molecular flexibility index (Phi) is 3.20. The molecule has 1 aromatic rings. The van der Waals surface area contributed by atoms with Gasteiger partial charge in [0.25, 0.3) is 0 Å². The lowest BCUT2D eigenvalue weighted by Gasteiger charge is -2.16. The Morgan fingerprint density at radius 3 is 3.00 bits per heavy atom. The molecule has 1 aromatic carbocycles. The fraction of sp³-hybridized carbons (Fsp3) is 0.231. The maximum absolute atomic E-state index is 12.1. The van der Waals surface area contributed by atoms with Crippen LogP contribution >= 0.6 is 0 Å². The summed E-state index contributed by atoms with van der Waals surface area (Å²) in [6.45, 7) is 1.88. The number of ketones is 1. The molecule has 2 rings (SSSR count). The summed E-state index contributed by atoms with van der Waals surface area (Å²) in [7, 11) is 0. The average molecular weight is 242 g/mol. The largest absolute Gasteiger partial charge is 0.465 e. The van der Waals surface area contributed by atoms with Crippen molar-refractivity contribution in [2.75, 3.05) is 6.61 Å². The van der Waals surface area contributed by atoms with E-state index >= 15 is 0 Å². The molecule has 0 radical (unpaired) electrons. The Labute approximate surface area is 104 Å². The van der Waals surface area contributed by atoms with E-state index in [1.807, 2.05) is 6.07 Å². The van der Waals surface area contributed by atoms with Gasteiger partial charge >= 0.3 is 5.97 Å². The first-order valence-electron chi connectivity index (χ1n) is 5.46. The van der Waals surface area contributed by atoms with Gasteiger partial charge in [-0.2, -0.15) is 5.26 Å². The predicted molar refractivity (Wildman–Crippen MR) is 63.8 cm³/mol. The second kappa shape index (κ2) is 4.80. The number of ether oxygens (including phenoxy) is 1. The normalized spacial score (nSPS) is 16.9. The summed E-state index contributed by atoms with van der Waals surface area (Å²) in [5, 5.41) is 8.79. The van der Waals surface area contributed by atoms with E-state index in [4.69, 9.17) is 10.00 Å². The average Bonchev–Trinajstić information content (AvgIpc) is 2.39. The van der Waals surface area contributed by atoms with Crippen molar-refractivity contribution in [2.45, 2.75) is 6.92 Å². The summed E-state index contributed by atoms with van der Waals surface area (Å²) >= 11 is 0. The van der Waals surface area contributed by atoms with Crippen LogP contribution in [0.4, 0.5) is 5.69 Å². The lowest BCUT2D eigenvalue weighted by molar-refractivity contribution is -0.143. The first-order chi connectivity index (χ1) is 8.67. The molecule has 0 bridgehead atoms. The number of nitrogens with zero attached hydrogens (tertiary/aromatic N) is 2. The van der Waals surface area contributed by atoms with Crippen molar-refractivity contribution in [3.63, 3.8) is 0 Å². The van der Waals surface area contributed by atoms with E-state index in [-0.39, 0.29) is 18.0 Å². The lowest BCUT2D eigenvalue weighted by Crippen LogP contribution is -2.29. The summed E-state index contributed by atoms with van der Waals surface area (Å²) in [6.07, 6.45) is 1.29. The second-order valence-electron chi connectivity index (χ2n) is 3.72. The maximum atomic E-state index is 12.1. The van der Waals surface area contributed by atoms with Crippen molar-refractivity contribution in [1.82, 2.24) is 0 Å². The predicted octanol–water partition coefficient (Wildman–Crippen LogP) is 1.64. The number of esters is 1. The molecule has 1 aliphatic heterocycles. The number of hydrogen-bond donors (Lipinski definition) is 0. The van der Waals surface area contributed by atoms with Gasteiger partial charge in [0.05, 0.1) is 23.9 Å². The van der Waals surface area contributed by atoms with Crippen LogP contribution in [0.2, 0.25) is 0 Å². The van der Waals surface area contributed by atoms with Crippen molar-refractivity contribution in [2.24, 2.45) is 10.9 Å². The number of benzene rings is 1. The summed E-state index contributed by atoms with van der Waals surface area (Å²) in [6, 6.07) is 6.56. The highest BCUT2D eigenvalue weighted by Crippen LogP contribution is 2.27. The van der Waals surface area contributed by atoms with Gasteiger partial charge in [-0.25, -0.2) is 0 Å². The van der Waals surface area contributed by atoms with Crippen molar-refractivity contribution in [1.29, 1.82) is 5.26 Å². The van der Waals surface area contributed by atoms with E-state index < -0.39 is 11.9 Å². The van der Waals surface area contributed by atoms with Crippen LogP contribution in [0.3, 0.4) is 0 Å². The first-order valence-corrected chi connectivity index (χ1v) is 5.46. The van der Waals surface area contributed by atoms with E-state index in [2.05, 4.69) is 4.99 Å². The molecule has 1 aliphatic rings. The van der Waals surface area contributed by atoms with Gasteiger partial charge in [0, 0.05) is 11.8 Å². The fourth-order valence-electron chi connectivity index (χ4n) is 1.71. The molecular formula is C13H10N2O3. The summed E-state index contributed by atoms with van der Waals surface area (Å²) < 4.78 is 4.81. The van der Waals surface area contributed by atoms with Crippen molar-refractivity contribution in [3.8, 4) is 6.07 Å². The molecule has 1 unspecified atom stereocenters. The Bertz CT molecular complexity index is 584. The number of Topliss-reactive ketones (excluding diaryl/α,β-unsaturated/α-hetero) is 1. The highest BCUT2D eigenvalue weighted by Gasteiger charge is 2.31. The van der Waals surface area contributed by atoms with E-state index in [1.54, 1.807) is 19.1 Å². The van der Waals surface area contributed by atoms with Crippen LogP contribution in [0, 0.1) is 17.2 Å². The maximum Gasteiger partial charge on any atom is 0.322 e. The molecule has 0 aromatic heterocycles. The van der Waals surface area contributed by atoms with Gasteiger partial charge in [-0.15, -0.1) is 0 Å². The first kappa shape index (κ1) is 12.0. The van der Waals surface area contributed by atoms with Crippen molar-refractivity contribution < 1.29 is 14.3 Å². The smallest absolute Gasteiger partial charge is 0.322 e. The van der Waals surface area contributed by atoms with E-state index in [1.165, 1.54) is 12.3 Å². The van der Waals surface area contributed by atoms with Gasteiger partial charge in [-0.1, -0.05) is 0 Å². The number of fused-ring (bicyclic) bond motifs is 1. The van der Waals surface area contributed by atoms with Gasteiger partial charge in [-0.05, 0) is 25.1 Å². The summed E-state index contributed by atoms with van der Waals surface area (Å²) in [4.78, 5) is 27.7. The SMILES string of the molecule is CCOC(=O)C1C=Nc2ccc(C#N)cc2C1=O. The molecule has 0 saturated carbocycles. The molecule has 18 heavy (non-hydrogen) atoms. The van der Waals surface area contributed by atoms with Crippen LogP contribution in [-0.2, 0) is 9.53 Å². The minimum atomic E-state index is -1.01. The minimum absolute atomic E-state index is 0.210.